The summed E-state index contributed by atoms with van der Waals surface area (Å²) < 4.78 is 12.2. The molecule has 0 fully saturated rings. The summed E-state index contributed by atoms with van der Waals surface area (Å²) in [5, 5.41) is 7.24. The van der Waals surface area contributed by atoms with Crippen LogP contribution in [0, 0.1) is 5.41 Å². The van der Waals surface area contributed by atoms with Crippen molar-refractivity contribution < 1.29 is 19.1 Å². The summed E-state index contributed by atoms with van der Waals surface area (Å²) in [6.07, 6.45) is 2.22. The van der Waals surface area contributed by atoms with Crippen LogP contribution in [0.4, 0.5) is 4.79 Å². The van der Waals surface area contributed by atoms with Crippen LogP contribution in [0.3, 0.4) is 0 Å². The summed E-state index contributed by atoms with van der Waals surface area (Å²) in [4.78, 5) is 24.0. The highest BCUT2D eigenvalue weighted by atomic mass is 16.6. The average molecular weight is 365 g/mol. The number of fused-ring (bicyclic) bond motifs is 1. The average Bonchev–Trinajstić information content (AvgIpc) is 2.82. The number of alkyl carbamates (subject to hydrolysis) is 1. The maximum absolute atomic E-state index is 12.2. The molecule has 1 aliphatic rings. The molecule has 0 atom stereocenters. The van der Waals surface area contributed by atoms with Crippen molar-refractivity contribution in [3.05, 3.63) is 17.0 Å². The van der Waals surface area contributed by atoms with Crippen LogP contribution >= 0.6 is 0 Å². The van der Waals surface area contributed by atoms with E-state index in [4.69, 9.17) is 9.47 Å². The number of nitrogens with one attached hydrogen (secondary N) is 1. The second kappa shape index (κ2) is 7.68. The van der Waals surface area contributed by atoms with E-state index >= 15 is 0 Å². The zero-order valence-electron chi connectivity index (χ0n) is 16.8. The molecule has 0 unspecified atom stereocenters. The third kappa shape index (κ3) is 5.22. The Morgan fingerprint density at radius 1 is 1.31 bits per heavy atom. The molecule has 0 bridgehead atoms. The Labute approximate surface area is 155 Å². The van der Waals surface area contributed by atoms with Gasteiger partial charge in [0, 0.05) is 17.8 Å². The van der Waals surface area contributed by atoms with E-state index in [1.807, 2.05) is 25.5 Å². The number of hydrogen-bond acceptors (Lipinski definition) is 5. The first-order valence-corrected chi connectivity index (χ1v) is 9.25. The molecule has 2 rings (SSSR count). The maximum atomic E-state index is 12.2. The maximum Gasteiger partial charge on any atom is 0.407 e. The monoisotopic (exact) mass is 365 g/mol. The lowest BCUT2D eigenvalue weighted by Crippen LogP contribution is -2.34. The molecule has 0 spiro atoms. The standard InChI is InChI=1S/C19H31N3O4/c1-7-25-16(23)15-13-8-9-19(5,6)12-14(13)22(21-15)11-10-20-17(24)26-18(2,3)4/h7-12H2,1-6H3,(H,20,24). The zero-order valence-corrected chi connectivity index (χ0v) is 16.8. The van der Waals surface area contributed by atoms with Gasteiger partial charge in [0.05, 0.1) is 13.2 Å². The fraction of sp³-hybridized carbons (Fsp3) is 0.737. The van der Waals surface area contributed by atoms with E-state index in [9.17, 15) is 9.59 Å². The summed E-state index contributed by atoms with van der Waals surface area (Å²) in [6.45, 7) is 12.9. The highest BCUT2D eigenvalue weighted by molar-refractivity contribution is 5.89. The molecule has 1 heterocycles. The van der Waals surface area contributed by atoms with Gasteiger partial charge in [0.1, 0.15) is 5.60 Å². The molecule has 26 heavy (non-hydrogen) atoms. The first-order chi connectivity index (χ1) is 12.0. The Bertz CT molecular complexity index is 671. The normalized spacial score (nSPS) is 15.9. The SMILES string of the molecule is CCOC(=O)c1nn(CCNC(=O)OC(C)(C)C)c2c1CCC(C)(C)C2. The van der Waals surface area contributed by atoms with Gasteiger partial charge in [-0.2, -0.15) is 5.10 Å². The summed E-state index contributed by atoms with van der Waals surface area (Å²) in [5.41, 5.74) is 2.09. The molecule has 0 aliphatic heterocycles. The lowest BCUT2D eigenvalue weighted by Gasteiger charge is -2.30. The fourth-order valence-corrected chi connectivity index (χ4v) is 3.13. The van der Waals surface area contributed by atoms with E-state index in [1.165, 1.54) is 0 Å². The predicted molar refractivity (Wildman–Crippen MR) is 98.2 cm³/mol. The lowest BCUT2D eigenvalue weighted by molar-refractivity contribution is 0.0506. The van der Waals surface area contributed by atoms with Gasteiger partial charge in [0.25, 0.3) is 0 Å². The van der Waals surface area contributed by atoms with Crippen molar-refractivity contribution >= 4 is 12.1 Å². The molecule has 1 amide bonds. The van der Waals surface area contributed by atoms with Crippen molar-refractivity contribution in [2.24, 2.45) is 5.41 Å². The van der Waals surface area contributed by atoms with Gasteiger partial charge < -0.3 is 14.8 Å². The van der Waals surface area contributed by atoms with Crippen LogP contribution in [0.25, 0.3) is 0 Å². The third-order valence-corrected chi connectivity index (χ3v) is 4.32. The molecular weight excluding hydrogens is 334 g/mol. The fourth-order valence-electron chi connectivity index (χ4n) is 3.13. The van der Waals surface area contributed by atoms with Gasteiger partial charge in [0.15, 0.2) is 5.69 Å². The van der Waals surface area contributed by atoms with Crippen LogP contribution in [-0.4, -0.2) is 40.6 Å². The number of nitrogens with zero attached hydrogens (tertiary/aromatic N) is 2. The number of ether oxygens (including phenoxy) is 2. The van der Waals surface area contributed by atoms with Gasteiger partial charge >= 0.3 is 12.1 Å². The Morgan fingerprint density at radius 3 is 2.62 bits per heavy atom. The molecule has 7 nitrogen and oxygen atoms in total. The highest BCUT2D eigenvalue weighted by Crippen LogP contribution is 2.36. The molecule has 1 aromatic rings. The lowest BCUT2D eigenvalue weighted by atomic mass is 9.76. The number of rotatable bonds is 5. The third-order valence-electron chi connectivity index (χ3n) is 4.32. The highest BCUT2D eigenvalue weighted by Gasteiger charge is 2.33. The number of carbonyl (C=O) groups is 2. The minimum atomic E-state index is -0.532. The minimum absolute atomic E-state index is 0.162. The molecule has 1 aliphatic carbocycles. The van der Waals surface area contributed by atoms with Gasteiger partial charge in [-0.3, -0.25) is 4.68 Å². The van der Waals surface area contributed by atoms with Gasteiger partial charge in [-0.1, -0.05) is 13.8 Å². The van der Waals surface area contributed by atoms with Crippen molar-refractivity contribution in [3.8, 4) is 0 Å². The zero-order chi connectivity index (χ0) is 19.5. The smallest absolute Gasteiger partial charge is 0.407 e. The van der Waals surface area contributed by atoms with Crippen molar-refractivity contribution in [1.82, 2.24) is 15.1 Å². The Hall–Kier alpha value is -2.05. The number of hydrogen-bond donors (Lipinski definition) is 1. The number of amides is 1. The van der Waals surface area contributed by atoms with Crippen molar-refractivity contribution in [2.45, 2.75) is 73.0 Å². The van der Waals surface area contributed by atoms with Crippen LogP contribution in [0.2, 0.25) is 0 Å². The molecule has 0 saturated carbocycles. The Kier molecular flexibility index (Phi) is 5.98. The van der Waals surface area contributed by atoms with E-state index in [1.54, 1.807) is 6.92 Å². The largest absolute Gasteiger partial charge is 0.461 e. The summed E-state index contributed by atoms with van der Waals surface area (Å²) in [6, 6.07) is 0. The first kappa shape index (κ1) is 20.3. The van der Waals surface area contributed by atoms with Gasteiger partial charge in [-0.15, -0.1) is 0 Å². The number of carbonyl (C=O) groups excluding carboxylic acids is 2. The quantitative estimate of drug-likeness (QED) is 0.811. The summed E-state index contributed by atoms with van der Waals surface area (Å²) in [5.74, 6) is -0.373. The molecule has 7 heteroatoms. The minimum Gasteiger partial charge on any atom is -0.461 e. The number of esters is 1. The van der Waals surface area contributed by atoms with Gasteiger partial charge in [-0.25, -0.2) is 9.59 Å². The summed E-state index contributed by atoms with van der Waals surface area (Å²) >= 11 is 0. The van der Waals surface area contributed by atoms with E-state index in [0.717, 1.165) is 30.5 Å². The number of aromatic nitrogens is 2. The van der Waals surface area contributed by atoms with E-state index in [2.05, 4.69) is 24.3 Å². The molecular formula is C19H31N3O4. The first-order valence-electron chi connectivity index (χ1n) is 9.25. The molecule has 1 aromatic heterocycles. The van der Waals surface area contributed by atoms with E-state index in [0.29, 0.717) is 25.4 Å². The molecule has 0 radical (unpaired) electrons. The van der Waals surface area contributed by atoms with Crippen molar-refractivity contribution in [3.63, 3.8) is 0 Å². The van der Waals surface area contributed by atoms with Gasteiger partial charge in [0.2, 0.25) is 0 Å². The molecule has 1 N–H and O–H groups in total. The topological polar surface area (TPSA) is 82.5 Å². The van der Waals surface area contributed by atoms with E-state index < -0.39 is 11.7 Å². The predicted octanol–water partition coefficient (Wildman–Crippen LogP) is 3.10. The van der Waals surface area contributed by atoms with Crippen LogP contribution in [0.15, 0.2) is 0 Å². The van der Waals surface area contributed by atoms with Crippen molar-refractivity contribution in [2.75, 3.05) is 13.2 Å². The van der Waals surface area contributed by atoms with E-state index in [-0.39, 0.29) is 11.4 Å². The second-order valence-electron chi connectivity index (χ2n) is 8.49. The van der Waals surface area contributed by atoms with Crippen LogP contribution in [0.1, 0.15) is 69.7 Å². The second-order valence-corrected chi connectivity index (χ2v) is 8.49. The van der Waals surface area contributed by atoms with Gasteiger partial charge in [-0.05, 0) is 52.4 Å². The van der Waals surface area contributed by atoms with Crippen LogP contribution < -0.4 is 5.32 Å². The molecule has 0 saturated heterocycles. The Balaban J connectivity index is 2.12. The molecule has 0 aromatic carbocycles. The van der Waals surface area contributed by atoms with Crippen LogP contribution in [0.5, 0.6) is 0 Å². The molecule has 146 valence electrons. The van der Waals surface area contributed by atoms with Crippen LogP contribution in [-0.2, 0) is 28.9 Å². The van der Waals surface area contributed by atoms with Crippen molar-refractivity contribution in [1.29, 1.82) is 0 Å². The Morgan fingerprint density at radius 2 is 2.00 bits per heavy atom. The summed E-state index contributed by atoms with van der Waals surface area (Å²) in [7, 11) is 0.